The number of nitrogens with one attached hydrogen (secondary N) is 1. The van der Waals surface area contributed by atoms with Gasteiger partial charge in [0.25, 0.3) is 5.91 Å². The van der Waals surface area contributed by atoms with Crippen LogP contribution >= 0.6 is 0 Å². The van der Waals surface area contributed by atoms with Crippen molar-refractivity contribution in [2.45, 2.75) is 58.1 Å². The van der Waals surface area contributed by atoms with Gasteiger partial charge in [0.2, 0.25) is 5.91 Å². The summed E-state index contributed by atoms with van der Waals surface area (Å²) in [5.41, 5.74) is 4.38. The zero-order valence-electron chi connectivity index (χ0n) is 21.1. The number of carbonyl (C=O) groups is 2. The fourth-order valence-corrected chi connectivity index (χ4v) is 5.72. The molecule has 0 radical (unpaired) electrons. The Kier molecular flexibility index (Phi) is 6.18. The molecule has 0 spiro atoms. The highest BCUT2D eigenvalue weighted by Crippen LogP contribution is 2.48. The van der Waals surface area contributed by atoms with E-state index in [4.69, 9.17) is 4.74 Å². The number of benzene rings is 2. The number of aromatic nitrogens is 1. The number of aryl methyl sites for hydroxylation is 1. The van der Waals surface area contributed by atoms with Gasteiger partial charge in [-0.25, -0.2) is 0 Å². The number of H-pyrrole nitrogens is 1. The molecule has 1 fully saturated rings. The molecule has 1 aromatic heterocycles. The molecule has 2 amide bonds. The van der Waals surface area contributed by atoms with Gasteiger partial charge in [-0.2, -0.15) is 0 Å². The third kappa shape index (κ3) is 3.94. The maximum Gasteiger partial charge on any atom is 0.254 e. The van der Waals surface area contributed by atoms with Gasteiger partial charge in [0.1, 0.15) is 0 Å². The first kappa shape index (κ1) is 23.6. The minimum Gasteiger partial charge on any atom is -0.379 e. The lowest BCUT2D eigenvalue weighted by atomic mass is 9.76. The van der Waals surface area contributed by atoms with Gasteiger partial charge in [0, 0.05) is 36.5 Å². The largest absolute Gasteiger partial charge is 0.379 e. The molecule has 1 saturated heterocycles. The van der Waals surface area contributed by atoms with E-state index in [0.29, 0.717) is 26.1 Å². The number of piperazine rings is 1. The Bertz CT molecular complexity index is 1250. The second-order valence-electron chi connectivity index (χ2n) is 10.2. The predicted octanol–water partition coefficient (Wildman–Crippen LogP) is 4.58. The van der Waals surface area contributed by atoms with E-state index in [0.717, 1.165) is 28.6 Å². The van der Waals surface area contributed by atoms with Gasteiger partial charge in [-0.05, 0) is 56.4 Å². The zero-order chi connectivity index (χ0) is 24.7. The molecule has 0 bridgehead atoms. The van der Waals surface area contributed by atoms with E-state index >= 15 is 0 Å². The Morgan fingerprint density at radius 2 is 1.86 bits per heavy atom. The van der Waals surface area contributed by atoms with Crippen LogP contribution in [0.15, 0.2) is 48.5 Å². The first-order valence-electron chi connectivity index (χ1n) is 12.8. The summed E-state index contributed by atoms with van der Waals surface area (Å²) in [6.07, 6.45) is 1.84. The summed E-state index contributed by atoms with van der Waals surface area (Å²) in [5.74, 6) is -0.0199. The summed E-state index contributed by atoms with van der Waals surface area (Å²) in [7, 11) is 0. The van der Waals surface area contributed by atoms with E-state index in [1.807, 2.05) is 37.8 Å². The molecule has 0 saturated carbocycles. The predicted molar refractivity (Wildman–Crippen MR) is 137 cm³/mol. The summed E-state index contributed by atoms with van der Waals surface area (Å²) in [5, 5.41) is 1.12. The number of hydrogen-bond donors (Lipinski definition) is 1. The number of carbonyl (C=O) groups excluding carboxylic acids is 2. The first-order valence-corrected chi connectivity index (χ1v) is 12.8. The second-order valence-corrected chi connectivity index (χ2v) is 10.2. The molecule has 0 aliphatic carbocycles. The lowest BCUT2D eigenvalue weighted by molar-refractivity contribution is -0.166. The average molecular weight is 474 g/mol. The normalized spacial score (nSPS) is 22.1. The molecule has 2 aromatic carbocycles. The van der Waals surface area contributed by atoms with E-state index in [9.17, 15) is 9.59 Å². The third-order valence-electron chi connectivity index (χ3n) is 7.63. The van der Waals surface area contributed by atoms with Gasteiger partial charge >= 0.3 is 0 Å². The number of hydrogen-bond acceptors (Lipinski definition) is 3. The molecule has 3 aromatic rings. The van der Waals surface area contributed by atoms with Crippen molar-refractivity contribution in [1.82, 2.24) is 14.8 Å². The van der Waals surface area contributed by atoms with Crippen LogP contribution in [0.1, 0.15) is 62.4 Å². The van der Waals surface area contributed by atoms with E-state index in [-0.39, 0.29) is 30.4 Å². The molecule has 3 heterocycles. The first-order chi connectivity index (χ1) is 16.8. The summed E-state index contributed by atoms with van der Waals surface area (Å²) in [4.78, 5) is 34.6. The number of rotatable bonds is 7. The summed E-state index contributed by atoms with van der Waals surface area (Å²) < 4.78 is 5.66. The minimum atomic E-state index is -1.05. The number of fused-ring (bicyclic) bond motifs is 5. The van der Waals surface area contributed by atoms with Crippen molar-refractivity contribution >= 4 is 22.7 Å². The van der Waals surface area contributed by atoms with Crippen molar-refractivity contribution in [1.29, 1.82) is 0 Å². The Hall–Kier alpha value is -3.12. The Morgan fingerprint density at radius 3 is 2.57 bits per heavy atom. The highest BCUT2D eigenvalue weighted by molar-refractivity contribution is 6.01. The van der Waals surface area contributed by atoms with Crippen LogP contribution in [0.5, 0.6) is 0 Å². The SMILES string of the molecule is CCc1ccc(C2CN3C(=O)CN(CCCOC(C)C)C(=O)C3(C)c3[nH]c4ccccc4c32)cc1. The van der Waals surface area contributed by atoms with Gasteiger partial charge in [-0.3, -0.25) is 9.59 Å². The Balaban J connectivity index is 1.57. The maximum atomic E-state index is 14.0. The molecule has 2 atom stereocenters. The van der Waals surface area contributed by atoms with Crippen molar-refractivity contribution in [3.05, 3.63) is 70.9 Å². The van der Waals surface area contributed by atoms with Gasteiger partial charge in [0.15, 0.2) is 5.54 Å². The number of amides is 2. The summed E-state index contributed by atoms with van der Waals surface area (Å²) >= 11 is 0. The summed E-state index contributed by atoms with van der Waals surface area (Å²) in [6.45, 7) is 9.76. The van der Waals surface area contributed by atoms with Gasteiger partial charge in [-0.1, -0.05) is 49.4 Å². The zero-order valence-corrected chi connectivity index (χ0v) is 21.1. The fourth-order valence-electron chi connectivity index (χ4n) is 5.72. The van der Waals surface area contributed by atoms with E-state index in [2.05, 4.69) is 48.3 Å². The maximum absolute atomic E-state index is 14.0. The average Bonchev–Trinajstić information content (AvgIpc) is 3.25. The fraction of sp³-hybridized carbons (Fsp3) is 0.448. The second kappa shape index (κ2) is 9.15. The topological polar surface area (TPSA) is 65.6 Å². The number of nitrogens with zero attached hydrogens (tertiary/aromatic N) is 2. The molecular weight excluding hydrogens is 438 g/mol. The molecule has 5 rings (SSSR count). The van der Waals surface area contributed by atoms with Crippen molar-refractivity contribution < 1.29 is 14.3 Å². The quantitative estimate of drug-likeness (QED) is 0.511. The lowest BCUT2D eigenvalue weighted by Gasteiger charge is -2.51. The smallest absolute Gasteiger partial charge is 0.254 e. The molecule has 2 aliphatic heterocycles. The molecule has 6 nitrogen and oxygen atoms in total. The van der Waals surface area contributed by atoms with Crippen LogP contribution in [0.2, 0.25) is 0 Å². The van der Waals surface area contributed by atoms with Crippen molar-refractivity contribution in [2.75, 3.05) is 26.2 Å². The molecule has 2 aliphatic rings. The molecule has 1 N–H and O–H groups in total. The van der Waals surface area contributed by atoms with E-state index in [1.54, 1.807) is 4.90 Å². The van der Waals surface area contributed by atoms with Crippen molar-refractivity contribution in [2.24, 2.45) is 0 Å². The van der Waals surface area contributed by atoms with Crippen LogP contribution in [0.25, 0.3) is 10.9 Å². The van der Waals surface area contributed by atoms with Crippen LogP contribution in [0, 0.1) is 0 Å². The number of para-hydroxylation sites is 1. The van der Waals surface area contributed by atoms with Crippen LogP contribution in [-0.4, -0.2) is 58.9 Å². The molecule has 2 unspecified atom stereocenters. The number of aromatic amines is 1. The van der Waals surface area contributed by atoms with E-state index in [1.165, 1.54) is 11.1 Å². The number of ether oxygens (including phenoxy) is 1. The Labute approximate surface area is 207 Å². The van der Waals surface area contributed by atoms with E-state index < -0.39 is 5.54 Å². The van der Waals surface area contributed by atoms with Gasteiger partial charge in [-0.15, -0.1) is 0 Å². The standard InChI is InChI=1S/C29H35N3O3/c1-5-20-11-13-21(14-12-20)23-17-32-25(33)18-31(15-8-16-35-19(2)3)28(34)29(32,4)27-26(23)22-9-6-7-10-24(22)30-27/h6-7,9-14,19,23,30H,5,8,15-18H2,1-4H3. The van der Waals surface area contributed by atoms with Crippen molar-refractivity contribution in [3.63, 3.8) is 0 Å². The van der Waals surface area contributed by atoms with Crippen molar-refractivity contribution in [3.8, 4) is 0 Å². The minimum absolute atomic E-state index is 0.00266. The lowest BCUT2D eigenvalue weighted by Crippen LogP contribution is -2.67. The highest BCUT2D eigenvalue weighted by Gasteiger charge is 2.56. The van der Waals surface area contributed by atoms with Crippen LogP contribution in [-0.2, 0) is 26.3 Å². The van der Waals surface area contributed by atoms with Crippen LogP contribution in [0.4, 0.5) is 0 Å². The Morgan fingerprint density at radius 1 is 1.11 bits per heavy atom. The van der Waals surface area contributed by atoms with Crippen LogP contribution in [0.3, 0.4) is 0 Å². The molecule has 184 valence electrons. The molecule has 6 heteroatoms. The van der Waals surface area contributed by atoms with Gasteiger partial charge < -0.3 is 19.5 Å². The van der Waals surface area contributed by atoms with Gasteiger partial charge in [0.05, 0.1) is 18.3 Å². The monoisotopic (exact) mass is 473 g/mol. The summed E-state index contributed by atoms with van der Waals surface area (Å²) in [6, 6.07) is 16.9. The third-order valence-corrected chi connectivity index (χ3v) is 7.63. The highest BCUT2D eigenvalue weighted by atomic mass is 16.5. The van der Waals surface area contributed by atoms with Crippen LogP contribution < -0.4 is 0 Å². The molecule has 35 heavy (non-hydrogen) atoms. The molecular formula is C29H35N3O3.